The summed E-state index contributed by atoms with van der Waals surface area (Å²) in [4.78, 5) is 1.20. The quantitative estimate of drug-likeness (QED) is 0.196. The van der Waals surface area contributed by atoms with E-state index in [9.17, 15) is 0 Å². The van der Waals surface area contributed by atoms with Crippen LogP contribution < -0.4 is 5.73 Å². The Morgan fingerprint density at radius 2 is 2.16 bits per heavy atom. The van der Waals surface area contributed by atoms with Gasteiger partial charge in [0, 0.05) is 15.3 Å². The first kappa shape index (κ1) is 16.2. The van der Waals surface area contributed by atoms with Gasteiger partial charge in [-0.1, -0.05) is 43.1 Å². The van der Waals surface area contributed by atoms with E-state index in [0.717, 1.165) is 30.0 Å². The fourth-order valence-electron chi connectivity index (χ4n) is 1.68. The minimum atomic E-state index is -0.241. The predicted molar refractivity (Wildman–Crippen MR) is 83.2 cm³/mol. The third kappa shape index (κ3) is 5.74. The molecule has 1 rings (SSSR count). The molecular formula is C14H21ClN2OS. The molecule has 3 N–H and O–H groups in total. The van der Waals surface area contributed by atoms with Crippen molar-refractivity contribution in [2.45, 2.75) is 38.0 Å². The number of halogens is 1. The molecular weight excluding hydrogens is 280 g/mol. The molecule has 0 aliphatic heterocycles. The normalized spacial score (nSPS) is 12.7. The van der Waals surface area contributed by atoms with Crippen molar-refractivity contribution in [1.29, 1.82) is 0 Å². The summed E-state index contributed by atoms with van der Waals surface area (Å²) in [5.74, 6) is 1.35. The van der Waals surface area contributed by atoms with E-state index in [-0.39, 0.29) is 5.41 Å². The third-order valence-electron chi connectivity index (χ3n) is 3.06. The Kier molecular flexibility index (Phi) is 6.52. The first-order valence-electron chi connectivity index (χ1n) is 6.32. The van der Waals surface area contributed by atoms with Gasteiger partial charge < -0.3 is 10.9 Å². The molecule has 0 aliphatic carbocycles. The SMILES string of the molecule is CC(C)(CCCCSc1cccc(Cl)c1)/C(N)=N/O. The molecule has 0 bridgehead atoms. The molecule has 0 fully saturated rings. The van der Waals surface area contributed by atoms with Crippen LogP contribution >= 0.6 is 23.4 Å². The van der Waals surface area contributed by atoms with Crippen LogP contribution in [0.2, 0.25) is 5.02 Å². The molecule has 19 heavy (non-hydrogen) atoms. The van der Waals surface area contributed by atoms with Crippen LogP contribution in [-0.2, 0) is 0 Å². The Morgan fingerprint density at radius 1 is 1.42 bits per heavy atom. The number of oxime groups is 1. The molecule has 0 radical (unpaired) electrons. The van der Waals surface area contributed by atoms with Gasteiger partial charge in [0.2, 0.25) is 0 Å². The number of hydrogen-bond donors (Lipinski definition) is 2. The van der Waals surface area contributed by atoms with Crippen molar-refractivity contribution in [1.82, 2.24) is 0 Å². The molecule has 3 nitrogen and oxygen atoms in total. The van der Waals surface area contributed by atoms with E-state index in [1.807, 2.05) is 32.0 Å². The number of rotatable bonds is 7. The molecule has 0 aliphatic rings. The summed E-state index contributed by atoms with van der Waals surface area (Å²) >= 11 is 7.74. The highest BCUT2D eigenvalue weighted by Gasteiger charge is 2.22. The van der Waals surface area contributed by atoms with Gasteiger partial charge in [0.05, 0.1) is 0 Å². The van der Waals surface area contributed by atoms with Crippen molar-refractivity contribution in [3.8, 4) is 0 Å². The predicted octanol–water partition coefficient (Wildman–Crippen LogP) is 4.38. The zero-order valence-corrected chi connectivity index (χ0v) is 13.0. The molecule has 0 aromatic heterocycles. The number of nitrogens with zero attached hydrogens (tertiary/aromatic N) is 1. The maximum Gasteiger partial charge on any atom is 0.144 e. The topological polar surface area (TPSA) is 58.6 Å². The smallest absolute Gasteiger partial charge is 0.144 e. The second kappa shape index (κ2) is 7.65. The van der Waals surface area contributed by atoms with Crippen LogP contribution in [0.5, 0.6) is 0 Å². The Hall–Kier alpha value is -0.870. The van der Waals surface area contributed by atoms with Crippen molar-refractivity contribution < 1.29 is 5.21 Å². The maximum atomic E-state index is 8.69. The lowest BCUT2D eigenvalue weighted by Crippen LogP contribution is -2.31. The van der Waals surface area contributed by atoms with Gasteiger partial charge in [-0.2, -0.15) is 0 Å². The van der Waals surface area contributed by atoms with Gasteiger partial charge in [0.15, 0.2) is 0 Å². The summed E-state index contributed by atoms with van der Waals surface area (Å²) in [5.41, 5.74) is 5.41. The minimum absolute atomic E-state index is 0.241. The van der Waals surface area contributed by atoms with Crippen LogP contribution in [0.1, 0.15) is 33.1 Å². The van der Waals surface area contributed by atoms with Crippen LogP contribution in [0.4, 0.5) is 0 Å². The van der Waals surface area contributed by atoms with E-state index in [2.05, 4.69) is 11.2 Å². The standard InChI is InChI=1S/C14H21ClN2OS/c1-14(2,13(16)17-18)8-3-4-9-19-12-7-5-6-11(15)10-12/h5-7,10,18H,3-4,8-9H2,1-2H3,(H2,16,17). The summed E-state index contributed by atoms with van der Waals surface area (Å²) in [7, 11) is 0. The van der Waals surface area contributed by atoms with Crippen molar-refractivity contribution in [2.75, 3.05) is 5.75 Å². The highest BCUT2D eigenvalue weighted by atomic mass is 35.5. The fraction of sp³-hybridized carbons (Fsp3) is 0.500. The Balaban J connectivity index is 2.25. The lowest BCUT2D eigenvalue weighted by atomic mass is 9.86. The van der Waals surface area contributed by atoms with Gasteiger partial charge in [0.25, 0.3) is 0 Å². The van der Waals surface area contributed by atoms with Crippen molar-refractivity contribution >= 4 is 29.2 Å². The molecule has 1 aromatic rings. The van der Waals surface area contributed by atoms with E-state index in [0.29, 0.717) is 5.84 Å². The molecule has 0 saturated carbocycles. The monoisotopic (exact) mass is 300 g/mol. The van der Waals surface area contributed by atoms with Gasteiger partial charge in [-0.15, -0.1) is 11.8 Å². The number of hydrogen-bond acceptors (Lipinski definition) is 3. The number of benzene rings is 1. The average Bonchev–Trinajstić information content (AvgIpc) is 2.37. The first-order valence-corrected chi connectivity index (χ1v) is 7.68. The van der Waals surface area contributed by atoms with Gasteiger partial charge in [-0.3, -0.25) is 0 Å². The molecule has 0 spiro atoms. The van der Waals surface area contributed by atoms with E-state index in [1.165, 1.54) is 4.90 Å². The zero-order valence-electron chi connectivity index (χ0n) is 11.4. The van der Waals surface area contributed by atoms with Crippen LogP contribution in [0.15, 0.2) is 34.3 Å². The molecule has 0 amide bonds. The van der Waals surface area contributed by atoms with E-state index in [1.54, 1.807) is 11.8 Å². The van der Waals surface area contributed by atoms with E-state index in [4.69, 9.17) is 22.5 Å². The van der Waals surface area contributed by atoms with Crippen LogP contribution in [0, 0.1) is 5.41 Å². The maximum absolute atomic E-state index is 8.69. The average molecular weight is 301 g/mol. The molecule has 0 unspecified atom stereocenters. The summed E-state index contributed by atoms with van der Waals surface area (Å²) in [5, 5.41) is 12.6. The Labute approximate surface area is 124 Å². The highest BCUT2D eigenvalue weighted by Crippen LogP contribution is 2.26. The second-order valence-electron chi connectivity index (χ2n) is 5.13. The second-order valence-corrected chi connectivity index (χ2v) is 6.74. The van der Waals surface area contributed by atoms with Crippen LogP contribution in [0.3, 0.4) is 0 Å². The van der Waals surface area contributed by atoms with E-state index < -0.39 is 0 Å². The fourth-order valence-corrected chi connectivity index (χ4v) is 2.90. The Morgan fingerprint density at radius 3 is 2.79 bits per heavy atom. The first-order chi connectivity index (χ1) is 8.95. The van der Waals surface area contributed by atoms with Gasteiger partial charge in [-0.05, 0) is 36.8 Å². The zero-order chi connectivity index (χ0) is 14.3. The van der Waals surface area contributed by atoms with Gasteiger partial charge in [0.1, 0.15) is 5.84 Å². The summed E-state index contributed by atoms with van der Waals surface area (Å²) in [6.45, 7) is 3.98. The molecule has 1 aromatic carbocycles. The van der Waals surface area contributed by atoms with Crippen LogP contribution in [0.25, 0.3) is 0 Å². The third-order valence-corrected chi connectivity index (χ3v) is 4.38. The molecule has 0 atom stereocenters. The van der Waals surface area contributed by atoms with Crippen molar-refractivity contribution in [2.24, 2.45) is 16.3 Å². The van der Waals surface area contributed by atoms with Gasteiger partial charge >= 0.3 is 0 Å². The molecule has 5 heteroatoms. The number of unbranched alkanes of at least 4 members (excludes halogenated alkanes) is 1. The summed E-state index contributed by atoms with van der Waals surface area (Å²) in [6, 6.07) is 7.89. The highest BCUT2D eigenvalue weighted by molar-refractivity contribution is 7.99. The largest absolute Gasteiger partial charge is 0.409 e. The minimum Gasteiger partial charge on any atom is -0.409 e. The number of nitrogens with two attached hydrogens (primary N) is 1. The van der Waals surface area contributed by atoms with E-state index >= 15 is 0 Å². The molecule has 0 saturated heterocycles. The number of amidine groups is 1. The summed E-state index contributed by atoms with van der Waals surface area (Å²) < 4.78 is 0. The lowest BCUT2D eigenvalue weighted by Gasteiger charge is -2.22. The van der Waals surface area contributed by atoms with Crippen LogP contribution in [-0.4, -0.2) is 16.8 Å². The number of thioether (sulfide) groups is 1. The van der Waals surface area contributed by atoms with Gasteiger partial charge in [-0.25, -0.2) is 0 Å². The van der Waals surface area contributed by atoms with Crippen molar-refractivity contribution in [3.05, 3.63) is 29.3 Å². The summed E-state index contributed by atoms with van der Waals surface area (Å²) in [6.07, 6.45) is 3.06. The molecule has 106 valence electrons. The Bertz CT molecular complexity index is 435. The molecule has 0 heterocycles. The lowest BCUT2D eigenvalue weighted by molar-refractivity contribution is 0.304. The van der Waals surface area contributed by atoms with Crippen molar-refractivity contribution in [3.63, 3.8) is 0 Å².